The molecule has 0 saturated carbocycles. The van der Waals surface area contributed by atoms with Crippen LogP contribution in [0.3, 0.4) is 0 Å². The van der Waals surface area contributed by atoms with Gasteiger partial charge in [-0.2, -0.15) is 0 Å². The summed E-state index contributed by atoms with van der Waals surface area (Å²) in [6, 6.07) is 11.3. The van der Waals surface area contributed by atoms with Crippen LogP contribution in [0.15, 0.2) is 41.2 Å². The van der Waals surface area contributed by atoms with Crippen LogP contribution in [0.1, 0.15) is 30.0 Å². The average molecular weight is 392 g/mol. The van der Waals surface area contributed by atoms with Crippen molar-refractivity contribution in [3.05, 3.63) is 63.4 Å². The molecule has 8 nitrogen and oxygen atoms in total. The fourth-order valence-electron chi connectivity index (χ4n) is 4.23. The van der Waals surface area contributed by atoms with Gasteiger partial charge in [-0.1, -0.05) is 25.1 Å². The number of nitrogens with zero attached hydrogens (tertiary/aromatic N) is 2. The van der Waals surface area contributed by atoms with E-state index in [1.54, 1.807) is 17.6 Å². The molecule has 3 aromatic rings. The molecule has 2 aliphatic rings. The van der Waals surface area contributed by atoms with Crippen molar-refractivity contribution in [1.29, 1.82) is 0 Å². The number of pyridine rings is 2. The lowest BCUT2D eigenvalue weighted by Gasteiger charge is -2.34. The highest BCUT2D eigenvalue weighted by molar-refractivity contribution is 5.87. The molecular weight excluding hydrogens is 376 g/mol. The fraction of sp³-hybridized carbons (Fsp3) is 0.238. The number of hydrogen-bond donors (Lipinski definition) is 1. The number of carbonyl (C=O) groups is 2. The van der Waals surface area contributed by atoms with Gasteiger partial charge in [-0.15, -0.1) is 0 Å². The Morgan fingerprint density at radius 3 is 2.86 bits per heavy atom. The van der Waals surface area contributed by atoms with Crippen molar-refractivity contribution in [2.75, 3.05) is 0 Å². The maximum atomic E-state index is 13.2. The van der Waals surface area contributed by atoms with Gasteiger partial charge in [0.05, 0.1) is 29.0 Å². The van der Waals surface area contributed by atoms with Crippen LogP contribution in [0.25, 0.3) is 22.3 Å². The molecule has 1 atom stereocenters. The molecular formula is C21H16N2O6. The zero-order valence-electron chi connectivity index (χ0n) is 15.5. The largest absolute Gasteiger partial charge is 0.507 e. The van der Waals surface area contributed by atoms with Crippen LogP contribution in [-0.2, 0) is 33.0 Å². The molecule has 0 aliphatic carbocycles. The second-order valence-corrected chi connectivity index (χ2v) is 7.13. The normalized spacial score (nSPS) is 19.3. The number of benzene rings is 1. The van der Waals surface area contributed by atoms with Crippen molar-refractivity contribution in [2.24, 2.45) is 0 Å². The van der Waals surface area contributed by atoms with Crippen LogP contribution in [0.2, 0.25) is 0 Å². The van der Waals surface area contributed by atoms with E-state index in [0.717, 1.165) is 16.5 Å². The van der Waals surface area contributed by atoms with E-state index >= 15 is 0 Å². The Labute approximate surface area is 164 Å². The van der Waals surface area contributed by atoms with Crippen LogP contribution in [0.5, 0.6) is 0 Å². The summed E-state index contributed by atoms with van der Waals surface area (Å²) in [6.45, 7) is 1.75. The molecule has 2 aliphatic heterocycles. The van der Waals surface area contributed by atoms with Gasteiger partial charge in [0.15, 0.2) is 0 Å². The summed E-state index contributed by atoms with van der Waals surface area (Å²) in [4.78, 5) is 41.8. The molecule has 0 unspecified atom stereocenters. The standard InChI is InChI=1S/C21H16N2O6/c1-2-21(29-20(26)27)14-8-16-17-12(7-11-5-3-4-6-15(11)22-17)9-23(16)18(24)13(14)10-28-19(21)25/h3-8H,2,9-10H2,1H3,(H,26,27)/t21-/m0/s1. The summed E-state index contributed by atoms with van der Waals surface area (Å²) < 4.78 is 11.7. The van der Waals surface area contributed by atoms with Crippen LogP contribution in [0, 0.1) is 0 Å². The first-order valence-corrected chi connectivity index (χ1v) is 9.20. The van der Waals surface area contributed by atoms with E-state index in [4.69, 9.17) is 14.5 Å². The summed E-state index contributed by atoms with van der Waals surface area (Å²) in [5, 5.41) is 10.2. The van der Waals surface area contributed by atoms with Gasteiger partial charge in [0.25, 0.3) is 5.56 Å². The third kappa shape index (κ3) is 2.32. The number of fused-ring (bicyclic) bond motifs is 5. The molecule has 1 aromatic carbocycles. The van der Waals surface area contributed by atoms with Crippen molar-refractivity contribution >= 4 is 23.0 Å². The molecule has 0 amide bonds. The van der Waals surface area contributed by atoms with Crippen LogP contribution >= 0.6 is 0 Å². The van der Waals surface area contributed by atoms with Crippen molar-refractivity contribution in [1.82, 2.24) is 9.55 Å². The Kier molecular flexibility index (Phi) is 3.55. The minimum absolute atomic E-state index is 0.00598. The molecule has 29 heavy (non-hydrogen) atoms. The summed E-state index contributed by atoms with van der Waals surface area (Å²) in [5.74, 6) is -0.816. The number of rotatable bonds is 2. The van der Waals surface area contributed by atoms with Gasteiger partial charge in [-0.3, -0.25) is 4.79 Å². The molecule has 5 rings (SSSR count). The number of para-hydroxylation sites is 1. The predicted molar refractivity (Wildman–Crippen MR) is 101 cm³/mol. The summed E-state index contributed by atoms with van der Waals surface area (Å²) in [7, 11) is 0. The first kappa shape index (κ1) is 17.4. The van der Waals surface area contributed by atoms with Crippen molar-refractivity contribution in [2.45, 2.75) is 32.1 Å². The second-order valence-electron chi connectivity index (χ2n) is 7.13. The number of hydrogen-bond acceptors (Lipinski definition) is 6. The number of esters is 1. The third-order valence-corrected chi connectivity index (χ3v) is 5.65. The lowest BCUT2D eigenvalue weighted by Crippen LogP contribution is -2.47. The monoisotopic (exact) mass is 392 g/mol. The minimum atomic E-state index is -1.87. The maximum Gasteiger partial charge on any atom is 0.507 e. The van der Waals surface area contributed by atoms with E-state index in [9.17, 15) is 19.5 Å². The summed E-state index contributed by atoms with van der Waals surface area (Å²) in [5.41, 5.74) is 1.11. The molecule has 4 heterocycles. The van der Waals surface area contributed by atoms with E-state index in [0.29, 0.717) is 17.9 Å². The van der Waals surface area contributed by atoms with Gasteiger partial charge in [0.1, 0.15) is 6.61 Å². The summed E-state index contributed by atoms with van der Waals surface area (Å²) in [6.07, 6.45) is -1.60. The van der Waals surface area contributed by atoms with E-state index in [2.05, 4.69) is 0 Å². The zero-order valence-corrected chi connectivity index (χ0v) is 15.5. The van der Waals surface area contributed by atoms with E-state index in [1.165, 1.54) is 0 Å². The molecule has 0 bridgehead atoms. The Morgan fingerprint density at radius 2 is 2.10 bits per heavy atom. The summed E-state index contributed by atoms with van der Waals surface area (Å²) >= 11 is 0. The maximum absolute atomic E-state index is 13.2. The lowest BCUT2D eigenvalue weighted by molar-refractivity contribution is -0.174. The van der Waals surface area contributed by atoms with E-state index < -0.39 is 17.7 Å². The van der Waals surface area contributed by atoms with Crippen molar-refractivity contribution < 1.29 is 24.2 Å². The van der Waals surface area contributed by atoms with Gasteiger partial charge in [0.2, 0.25) is 5.60 Å². The smallest absolute Gasteiger partial charge is 0.457 e. The van der Waals surface area contributed by atoms with E-state index in [1.807, 2.05) is 30.3 Å². The quantitative estimate of drug-likeness (QED) is 0.523. The van der Waals surface area contributed by atoms with Crippen molar-refractivity contribution in [3.8, 4) is 11.4 Å². The Morgan fingerprint density at radius 1 is 1.31 bits per heavy atom. The Hall–Kier alpha value is -3.68. The van der Waals surface area contributed by atoms with Crippen LogP contribution in [-0.4, -0.2) is 26.8 Å². The minimum Gasteiger partial charge on any atom is -0.457 e. The van der Waals surface area contributed by atoms with Crippen LogP contribution < -0.4 is 5.56 Å². The number of carbonyl (C=O) groups excluding carboxylic acids is 1. The zero-order chi connectivity index (χ0) is 20.3. The van der Waals surface area contributed by atoms with Gasteiger partial charge < -0.3 is 19.1 Å². The highest BCUT2D eigenvalue weighted by Crippen LogP contribution is 2.40. The molecule has 1 N–H and O–H groups in total. The highest BCUT2D eigenvalue weighted by Gasteiger charge is 2.50. The average Bonchev–Trinajstić information content (AvgIpc) is 3.06. The molecule has 0 saturated heterocycles. The molecule has 2 aromatic heterocycles. The second kappa shape index (κ2) is 5.91. The SMILES string of the molecule is CC[C@@]1(OC(=O)O)C(=O)OCc2c1cc1n(c2=O)Cc2cc3ccccc3nc2-1. The number of ether oxygens (including phenoxy) is 2. The first-order valence-electron chi connectivity index (χ1n) is 9.20. The number of aromatic nitrogens is 2. The topological polar surface area (TPSA) is 108 Å². The van der Waals surface area contributed by atoms with Gasteiger partial charge in [-0.05, 0) is 24.6 Å². The van der Waals surface area contributed by atoms with Gasteiger partial charge >= 0.3 is 12.1 Å². The van der Waals surface area contributed by atoms with Gasteiger partial charge in [-0.25, -0.2) is 14.6 Å². The Balaban J connectivity index is 1.79. The molecule has 8 heteroatoms. The van der Waals surface area contributed by atoms with Crippen LogP contribution in [0.4, 0.5) is 4.79 Å². The number of carboxylic acid groups (broad SMARTS) is 1. The third-order valence-electron chi connectivity index (χ3n) is 5.65. The van der Waals surface area contributed by atoms with E-state index in [-0.39, 0.29) is 29.7 Å². The first-order chi connectivity index (χ1) is 13.9. The highest BCUT2D eigenvalue weighted by atomic mass is 16.7. The molecule has 146 valence electrons. The fourth-order valence-corrected chi connectivity index (χ4v) is 4.23. The number of cyclic esters (lactones) is 1. The molecule has 0 radical (unpaired) electrons. The molecule has 0 fully saturated rings. The Bertz CT molecular complexity index is 1280. The molecule has 0 spiro atoms. The lowest BCUT2D eigenvalue weighted by atomic mass is 9.85. The van der Waals surface area contributed by atoms with Crippen molar-refractivity contribution in [3.63, 3.8) is 0 Å². The van der Waals surface area contributed by atoms with Gasteiger partial charge in [0, 0.05) is 16.5 Å². The predicted octanol–water partition coefficient (Wildman–Crippen LogP) is 2.78.